The molecule has 2 aliphatic heterocycles. The molecule has 310 valence electrons. The van der Waals surface area contributed by atoms with Crippen molar-refractivity contribution in [3.63, 3.8) is 0 Å². The summed E-state index contributed by atoms with van der Waals surface area (Å²) >= 11 is 0. The van der Waals surface area contributed by atoms with Crippen LogP contribution < -0.4 is 18.9 Å². The van der Waals surface area contributed by atoms with Crippen molar-refractivity contribution < 1.29 is 48.3 Å². The molecule has 2 aliphatic carbocycles. The summed E-state index contributed by atoms with van der Waals surface area (Å²) in [7, 11) is 2.90. The maximum absolute atomic E-state index is 14.2. The number of oxime groups is 1. The van der Waals surface area contributed by atoms with Crippen molar-refractivity contribution in [3.8, 4) is 28.7 Å². The predicted molar refractivity (Wildman–Crippen MR) is 218 cm³/mol. The van der Waals surface area contributed by atoms with Crippen LogP contribution in [0.4, 0.5) is 4.79 Å². The monoisotopic (exact) mass is 796 g/mol. The highest BCUT2D eigenvalue weighted by atomic mass is 16.7. The molecular weight excluding hydrogens is 741 g/mol. The minimum atomic E-state index is -1.43. The second-order valence-electron chi connectivity index (χ2n) is 15.6. The van der Waals surface area contributed by atoms with Crippen LogP contribution in [0.1, 0.15) is 73.1 Å². The van der Waals surface area contributed by atoms with E-state index in [0.717, 1.165) is 53.7 Å². The molecule has 0 radical (unpaired) electrons. The summed E-state index contributed by atoms with van der Waals surface area (Å²) in [6.07, 6.45) is 8.33. The summed E-state index contributed by atoms with van der Waals surface area (Å²) in [5, 5.41) is 24.4. The Hall–Kier alpha value is -5.04. The number of hydrogen-bond acceptors (Lipinski definition) is 11. The molecule has 1 fully saturated rings. The number of methoxy groups -OCH3 is 1. The first-order valence-corrected chi connectivity index (χ1v) is 20.3. The van der Waals surface area contributed by atoms with Gasteiger partial charge in [0.15, 0.2) is 11.5 Å². The molecule has 12 nitrogen and oxygen atoms in total. The van der Waals surface area contributed by atoms with E-state index in [4.69, 9.17) is 33.3 Å². The summed E-state index contributed by atoms with van der Waals surface area (Å²) in [5.74, 6) is 1.32. The van der Waals surface area contributed by atoms with E-state index in [2.05, 4.69) is 43.8 Å². The van der Waals surface area contributed by atoms with Gasteiger partial charge in [0.1, 0.15) is 30.4 Å². The third-order valence-corrected chi connectivity index (χ3v) is 12.1. The Morgan fingerprint density at radius 3 is 2.41 bits per heavy atom. The number of carbonyl (C=O) groups is 1. The van der Waals surface area contributed by atoms with Crippen LogP contribution in [0.3, 0.4) is 0 Å². The molecule has 0 saturated heterocycles. The molecule has 0 unspecified atom stereocenters. The van der Waals surface area contributed by atoms with Gasteiger partial charge in [0.2, 0.25) is 12.6 Å². The molecule has 0 spiro atoms. The minimum Gasteiger partial charge on any atom is -0.459 e. The summed E-state index contributed by atoms with van der Waals surface area (Å²) in [4.78, 5) is 21.4. The normalized spacial score (nSPS) is 24.6. The van der Waals surface area contributed by atoms with Crippen LogP contribution in [-0.4, -0.2) is 79.6 Å². The number of aliphatic hydroxyl groups excluding tert-OH is 2. The zero-order valence-corrected chi connectivity index (χ0v) is 34.0. The second-order valence-corrected chi connectivity index (χ2v) is 15.6. The van der Waals surface area contributed by atoms with E-state index >= 15 is 0 Å². The fourth-order valence-corrected chi connectivity index (χ4v) is 9.39. The highest BCUT2D eigenvalue weighted by Crippen LogP contribution is 2.62. The Kier molecular flexibility index (Phi) is 13.0. The van der Waals surface area contributed by atoms with Gasteiger partial charge in [-0.05, 0) is 116 Å². The third kappa shape index (κ3) is 8.15. The number of unbranched alkanes of at least 4 members (excludes halogenated alkanes) is 2. The van der Waals surface area contributed by atoms with Crippen LogP contribution in [0, 0.1) is 31.6 Å². The molecular formula is C46H56N2O10. The Bertz CT molecular complexity index is 2010. The number of aryl methyl sites for hydroxylation is 2. The average molecular weight is 797 g/mol. The maximum atomic E-state index is 14.2. The Labute approximate surface area is 341 Å². The van der Waals surface area contributed by atoms with Crippen molar-refractivity contribution in [2.75, 3.05) is 40.8 Å². The molecule has 1 saturated carbocycles. The average Bonchev–Trinajstić information content (AvgIpc) is 3.70. The van der Waals surface area contributed by atoms with Gasteiger partial charge < -0.3 is 43.5 Å². The van der Waals surface area contributed by atoms with Gasteiger partial charge >= 0.3 is 6.09 Å². The lowest BCUT2D eigenvalue weighted by Gasteiger charge is -2.59. The Morgan fingerprint density at radius 1 is 0.931 bits per heavy atom. The number of aliphatic hydroxyl groups is 2. The summed E-state index contributed by atoms with van der Waals surface area (Å²) < 4.78 is 37.7. The number of rotatable bonds is 17. The number of nitrogens with zero attached hydrogens (tertiary/aromatic N) is 2. The molecule has 1 amide bonds. The van der Waals surface area contributed by atoms with Crippen LogP contribution in [0.5, 0.6) is 28.7 Å². The first-order chi connectivity index (χ1) is 28.2. The van der Waals surface area contributed by atoms with Gasteiger partial charge in [-0.3, -0.25) is 4.90 Å². The maximum Gasteiger partial charge on any atom is 0.410 e. The van der Waals surface area contributed by atoms with Gasteiger partial charge in [-0.1, -0.05) is 42.3 Å². The number of benzene rings is 3. The number of ether oxygens (including phenoxy) is 6. The van der Waals surface area contributed by atoms with Crippen molar-refractivity contribution in [1.29, 1.82) is 0 Å². The van der Waals surface area contributed by atoms with E-state index in [9.17, 15) is 15.0 Å². The van der Waals surface area contributed by atoms with Crippen LogP contribution in [0.15, 0.2) is 84.1 Å². The van der Waals surface area contributed by atoms with Crippen molar-refractivity contribution in [1.82, 2.24) is 4.90 Å². The zero-order chi connectivity index (χ0) is 40.8. The Morgan fingerprint density at radius 2 is 1.67 bits per heavy atom. The number of fused-ring (bicyclic) bond motifs is 3. The van der Waals surface area contributed by atoms with E-state index in [1.165, 1.54) is 19.8 Å². The molecule has 58 heavy (non-hydrogen) atoms. The topological polar surface area (TPSA) is 138 Å². The van der Waals surface area contributed by atoms with E-state index < -0.39 is 23.8 Å². The summed E-state index contributed by atoms with van der Waals surface area (Å²) in [6, 6.07) is 16.9. The lowest BCUT2D eigenvalue weighted by atomic mass is 9.55. The third-order valence-electron chi connectivity index (χ3n) is 12.1. The van der Waals surface area contributed by atoms with Crippen LogP contribution >= 0.6 is 0 Å². The molecule has 4 aliphatic rings. The Balaban J connectivity index is 1.42. The number of amides is 1. The smallest absolute Gasteiger partial charge is 0.410 e. The first kappa shape index (κ1) is 41.1. The van der Waals surface area contributed by atoms with Gasteiger partial charge in [-0.25, -0.2) is 4.79 Å². The first-order valence-electron chi connectivity index (χ1n) is 20.3. The minimum absolute atomic E-state index is 0.0631. The fraction of sp³-hybridized carbons (Fsp3) is 0.478. The molecule has 3 aromatic carbocycles. The van der Waals surface area contributed by atoms with Gasteiger partial charge in [0, 0.05) is 37.7 Å². The SMILES string of the molecule is C=CCO[C@@]12Oc3ccc(Oc4ccc(C)c(C)c4)cc3[C@H]3[C@H](CCCCO)[C@@H](CCCCO)C=C(C(=NOC)C[C@@H]1N(Cc1ccc4c(c1)OCO4)C(=O)OC)[C@H]32. The number of allylic oxidation sites excluding steroid dienone is 1. The van der Waals surface area contributed by atoms with Crippen molar-refractivity contribution >= 4 is 11.8 Å². The van der Waals surface area contributed by atoms with Crippen molar-refractivity contribution in [2.24, 2.45) is 22.9 Å². The van der Waals surface area contributed by atoms with E-state index in [1.54, 1.807) is 11.0 Å². The van der Waals surface area contributed by atoms with Gasteiger partial charge in [0.05, 0.1) is 25.3 Å². The molecule has 3 aromatic rings. The largest absolute Gasteiger partial charge is 0.459 e. The molecule has 6 atom stereocenters. The number of carbonyl (C=O) groups excluding carboxylic acids is 1. The summed E-state index contributed by atoms with van der Waals surface area (Å²) in [5.41, 5.74) is 5.72. The van der Waals surface area contributed by atoms with Crippen molar-refractivity contribution in [2.45, 2.75) is 83.1 Å². The lowest BCUT2D eigenvalue weighted by Crippen LogP contribution is -2.70. The van der Waals surface area contributed by atoms with E-state index in [0.29, 0.717) is 41.6 Å². The molecule has 2 N–H and O–H groups in total. The molecule has 7 rings (SSSR count). The highest BCUT2D eigenvalue weighted by molar-refractivity contribution is 6.03. The second kappa shape index (κ2) is 18.3. The number of hydrogen-bond donors (Lipinski definition) is 2. The summed E-state index contributed by atoms with van der Waals surface area (Å²) in [6.45, 7) is 8.78. The van der Waals surface area contributed by atoms with Crippen LogP contribution in [0.2, 0.25) is 0 Å². The predicted octanol–water partition coefficient (Wildman–Crippen LogP) is 8.36. The zero-order valence-electron chi connectivity index (χ0n) is 34.0. The van der Waals surface area contributed by atoms with Crippen molar-refractivity contribution in [3.05, 3.63) is 101 Å². The van der Waals surface area contributed by atoms with Gasteiger partial charge in [-0.15, -0.1) is 6.58 Å². The van der Waals surface area contributed by atoms with Gasteiger partial charge in [-0.2, -0.15) is 0 Å². The van der Waals surface area contributed by atoms with Crippen LogP contribution in [0.25, 0.3) is 0 Å². The van der Waals surface area contributed by atoms with Gasteiger partial charge in [0.25, 0.3) is 0 Å². The van der Waals surface area contributed by atoms with Crippen LogP contribution in [-0.2, 0) is 20.9 Å². The lowest BCUT2D eigenvalue weighted by molar-refractivity contribution is -0.256. The standard InChI is InChI=1S/C46H56N2O10/c1-6-21-56-46-42(48(45(51)52-4)27-31-14-17-40-41(23-31)55-28-54-40)26-38(47-53-5)36-24-32(11-7-9-19-49)35(12-8-10-20-50)43(44(36)46)37-25-34(16-18-39(37)58-46)57-33-15-13-29(2)30(3)22-33/h6,13-18,22-25,32,35,42-44,49-50H,1,7-12,19-21,26-28H2,2-5H3/t32-,35+,42-,43+,44+,46+/m0/s1. The molecule has 0 bridgehead atoms. The van der Waals surface area contributed by atoms with E-state index in [-0.39, 0.29) is 57.3 Å². The van der Waals surface area contributed by atoms with E-state index in [1.807, 2.05) is 42.5 Å². The molecule has 2 heterocycles. The fourth-order valence-electron chi connectivity index (χ4n) is 9.39. The molecule has 12 heteroatoms. The molecule has 0 aromatic heterocycles. The highest BCUT2D eigenvalue weighted by Gasteiger charge is 2.65. The quantitative estimate of drug-likeness (QED) is 0.0779.